The molecule has 0 atom stereocenters. The predicted molar refractivity (Wildman–Crippen MR) is 142 cm³/mol. The van der Waals surface area contributed by atoms with Crippen LogP contribution in [-0.2, 0) is 13.6 Å². The fourth-order valence-electron chi connectivity index (χ4n) is 4.15. The van der Waals surface area contributed by atoms with E-state index in [0.717, 1.165) is 31.6 Å². The number of ether oxygens (including phenoxy) is 1. The summed E-state index contributed by atoms with van der Waals surface area (Å²) in [5.74, 6) is 0.987. The minimum Gasteiger partial charge on any atom is -0.494 e. The quantitative estimate of drug-likeness (QED) is 0.109. The zero-order valence-electron chi connectivity index (χ0n) is 21.6. The minimum atomic E-state index is -2.83. The normalized spacial score (nSPS) is 11.7. The van der Waals surface area contributed by atoms with E-state index in [2.05, 4.69) is 0 Å². The number of hydrogen-bond acceptors (Lipinski definition) is 4. The van der Waals surface area contributed by atoms with Crippen molar-refractivity contribution in [3.63, 3.8) is 0 Å². The van der Waals surface area contributed by atoms with Gasteiger partial charge in [0.05, 0.1) is 26.0 Å². The molecular formula is C28H51O4P. The average molecular weight is 483 g/mol. The first-order chi connectivity index (χ1) is 16.2. The standard InChI is InChI=1S/C28H51O4P/c1-3-31-33(29,32-4-2)27-23-18-16-14-12-10-8-6-5-7-9-11-13-15-17-22-26-30-28-24-20-19-21-25-28/h19-21,24-25H,3-18,22-23,26-27H2,1-2H3. The maximum atomic E-state index is 12.4. The van der Waals surface area contributed by atoms with Gasteiger partial charge in [0, 0.05) is 0 Å². The number of para-hydroxylation sites is 1. The van der Waals surface area contributed by atoms with Crippen molar-refractivity contribution in [1.82, 2.24) is 0 Å². The molecule has 0 aromatic heterocycles. The summed E-state index contributed by atoms with van der Waals surface area (Å²) in [6.45, 7) is 5.51. The Bertz CT molecular complexity index is 569. The Balaban J connectivity index is 1.75. The lowest BCUT2D eigenvalue weighted by Gasteiger charge is -2.16. The average Bonchev–Trinajstić information content (AvgIpc) is 2.81. The van der Waals surface area contributed by atoms with Crippen molar-refractivity contribution in [2.75, 3.05) is 26.0 Å². The molecule has 0 heterocycles. The van der Waals surface area contributed by atoms with Crippen LogP contribution in [0.15, 0.2) is 30.3 Å². The van der Waals surface area contributed by atoms with E-state index in [-0.39, 0.29) is 0 Å². The molecule has 192 valence electrons. The fourth-order valence-corrected chi connectivity index (χ4v) is 5.88. The molecule has 1 rings (SSSR count). The number of hydrogen-bond donors (Lipinski definition) is 0. The Labute approximate surface area is 204 Å². The van der Waals surface area contributed by atoms with Gasteiger partial charge < -0.3 is 13.8 Å². The Morgan fingerprint density at radius 1 is 0.576 bits per heavy atom. The van der Waals surface area contributed by atoms with Crippen molar-refractivity contribution < 1.29 is 18.3 Å². The van der Waals surface area contributed by atoms with E-state index < -0.39 is 7.60 Å². The van der Waals surface area contributed by atoms with Crippen LogP contribution < -0.4 is 4.74 Å². The lowest BCUT2D eigenvalue weighted by Crippen LogP contribution is -2.00. The second kappa shape index (κ2) is 21.7. The van der Waals surface area contributed by atoms with Crippen molar-refractivity contribution in [2.24, 2.45) is 0 Å². The first-order valence-corrected chi connectivity index (χ1v) is 15.5. The van der Waals surface area contributed by atoms with E-state index in [1.165, 1.54) is 83.5 Å². The smallest absolute Gasteiger partial charge is 0.330 e. The van der Waals surface area contributed by atoms with Crippen molar-refractivity contribution in [1.29, 1.82) is 0 Å². The summed E-state index contributed by atoms with van der Waals surface area (Å²) >= 11 is 0. The first-order valence-electron chi connectivity index (χ1n) is 13.8. The van der Waals surface area contributed by atoms with Crippen molar-refractivity contribution in [3.8, 4) is 5.75 Å². The van der Waals surface area contributed by atoms with Gasteiger partial charge in [-0.1, -0.05) is 108 Å². The monoisotopic (exact) mass is 482 g/mol. The van der Waals surface area contributed by atoms with E-state index >= 15 is 0 Å². The molecule has 0 aliphatic rings. The topological polar surface area (TPSA) is 44.8 Å². The molecule has 0 spiro atoms. The van der Waals surface area contributed by atoms with Crippen molar-refractivity contribution in [3.05, 3.63) is 30.3 Å². The SMILES string of the molecule is CCOP(=O)(CCCCCCCCCCCCCCCCCCOc1ccccc1)OCC. The summed E-state index contributed by atoms with van der Waals surface area (Å²) in [6.07, 6.45) is 21.4. The summed E-state index contributed by atoms with van der Waals surface area (Å²) in [4.78, 5) is 0. The molecule has 0 fully saturated rings. The van der Waals surface area contributed by atoms with Crippen molar-refractivity contribution >= 4 is 7.60 Å². The fraction of sp³-hybridized carbons (Fsp3) is 0.786. The maximum Gasteiger partial charge on any atom is 0.330 e. The van der Waals surface area contributed by atoms with E-state index in [0.29, 0.717) is 19.4 Å². The second-order valence-corrected chi connectivity index (χ2v) is 11.2. The maximum absolute atomic E-state index is 12.4. The second-order valence-electron chi connectivity index (χ2n) is 8.99. The first kappa shape index (κ1) is 30.2. The number of unbranched alkanes of at least 4 members (excludes halogenated alkanes) is 15. The Morgan fingerprint density at radius 2 is 0.970 bits per heavy atom. The van der Waals surface area contributed by atoms with Gasteiger partial charge in [0.15, 0.2) is 0 Å². The lowest BCUT2D eigenvalue weighted by atomic mass is 10.0. The molecule has 0 unspecified atom stereocenters. The van der Waals surface area contributed by atoms with Crippen LogP contribution in [0.25, 0.3) is 0 Å². The van der Waals surface area contributed by atoms with Crippen LogP contribution in [0.2, 0.25) is 0 Å². The highest BCUT2D eigenvalue weighted by Crippen LogP contribution is 2.48. The summed E-state index contributed by atoms with van der Waals surface area (Å²) in [5, 5.41) is 0. The van der Waals surface area contributed by atoms with Gasteiger partial charge in [0.2, 0.25) is 0 Å². The summed E-state index contributed by atoms with van der Waals surface area (Å²) in [5.41, 5.74) is 0. The van der Waals surface area contributed by atoms with Gasteiger partial charge in [-0.15, -0.1) is 0 Å². The molecule has 4 nitrogen and oxygen atoms in total. The summed E-state index contributed by atoms with van der Waals surface area (Å²) < 4.78 is 28.8. The van der Waals surface area contributed by atoms with Gasteiger partial charge in [0.1, 0.15) is 5.75 Å². The van der Waals surface area contributed by atoms with Crippen LogP contribution in [0.1, 0.15) is 117 Å². The molecule has 0 N–H and O–H groups in total. The third-order valence-electron chi connectivity index (χ3n) is 5.99. The molecule has 0 radical (unpaired) electrons. The van der Waals surface area contributed by atoms with Gasteiger partial charge in [-0.05, 0) is 38.8 Å². The highest BCUT2D eigenvalue weighted by molar-refractivity contribution is 7.53. The van der Waals surface area contributed by atoms with Crippen LogP contribution in [-0.4, -0.2) is 26.0 Å². The van der Waals surface area contributed by atoms with E-state index in [1.54, 1.807) is 0 Å². The lowest BCUT2D eigenvalue weighted by molar-refractivity contribution is 0.219. The largest absolute Gasteiger partial charge is 0.494 e. The molecule has 1 aromatic carbocycles. The Morgan fingerprint density at radius 3 is 1.39 bits per heavy atom. The van der Waals surface area contributed by atoms with Crippen molar-refractivity contribution in [2.45, 2.75) is 117 Å². The molecule has 0 saturated carbocycles. The molecule has 0 aliphatic heterocycles. The molecule has 0 aliphatic carbocycles. The van der Waals surface area contributed by atoms with Crippen LogP contribution in [0.3, 0.4) is 0 Å². The number of benzene rings is 1. The predicted octanol–water partition coefficient (Wildman–Crippen LogP) is 9.57. The van der Waals surface area contributed by atoms with Gasteiger partial charge >= 0.3 is 7.60 Å². The molecule has 33 heavy (non-hydrogen) atoms. The third-order valence-corrected chi connectivity index (χ3v) is 8.16. The minimum absolute atomic E-state index is 0.461. The van der Waals surface area contributed by atoms with Gasteiger partial charge in [-0.2, -0.15) is 0 Å². The molecule has 0 saturated heterocycles. The molecule has 1 aromatic rings. The van der Waals surface area contributed by atoms with E-state index in [9.17, 15) is 4.57 Å². The third kappa shape index (κ3) is 18.2. The van der Waals surface area contributed by atoms with Gasteiger partial charge in [-0.3, -0.25) is 4.57 Å². The molecule has 0 amide bonds. The van der Waals surface area contributed by atoms with Gasteiger partial charge in [-0.25, -0.2) is 0 Å². The Kier molecular flexibility index (Phi) is 19.8. The highest BCUT2D eigenvalue weighted by Gasteiger charge is 2.22. The van der Waals surface area contributed by atoms with Crippen LogP contribution >= 0.6 is 7.60 Å². The summed E-state index contributed by atoms with van der Waals surface area (Å²) in [7, 11) is -2.83. The van der Waals surface area contributed by atoms with E-state index in [1.807, 2.05) is 44.2 Å². The Hall–Kier alpha value is -0.830. The zero-order chi connectivity index (χ0) is 23.9. The van der Waals surface area contributed by atoms with E-state index in [4.69, 9.17) is 13.8 Å². The molecular weight excluding hydrogens is 431 g/mol. The zero-order valence-corrected chi connectivity index (χ0v) is 22.5. The molecule has 0 bridgehead atoms. The number of rotatable bonds is 24. The van der Waals surface area contributed by atoms with Gasteiger partial charge in [0.25, 0.3) is 0 Å². The van der Waals surface area contributed by atoms with Crippen LogP contribution in [0, 0.1) is 0 Å². The van der Waals surface area contributed by atoms with Crippen LogP contribution in [0.5, 0.6) is 5.75 Å². The highest BCUT2D eigenvalue weighted by atomic mass is 31.2. The summed E-state index contributed by atoms with van der Waals surface area (Å²) in [6, 6.07) is 10.1. The van der Waals surface area contributed by atoms with Crippen LogP contribution in [0.4, 0.5) is 0 Å². The molecule has 5 heteroatoms.